The van der Waals surface area contributed by atoms with Crippen molar-refractivity contribution >= 4 is 11.6 Å². The molecule has 0 fully saturated rings. The van der Waals surface area contributed by atoms with Gasteiger partial charge in [0.05, 0.1) is 10.8 Å². The molecule has 2 aromatic carbocycles. The number of benzene rings is 2. The minimum atomic E-state index is -0.239. The monoisotopic (exact) mass is 575 g/mol. The summed E-state index contributed by atoms with van der Waals surface area (Å²) in [5.74, 6) is 0.614. The second-order valence-electron chi connectivity index (χ2n) is 14.8. The average molecular weight is 576 g/mol. The van der Waals surface area contributed by atoms with E-state index in [1.54, 1.807) is 12.2 Å². The van der Waals surface area contributed by atoms with Gasteiger partial charge in [-0.1, -0.05) is 92.1 Å². The number of carbonyl (C=O) groups is 2. The van der Waals surface area contributed by atoms with Crippen LogP contribution in [0.1, 0.15) is 108 Å². The van der Waals surface area contributed by atoms with Crippen LogP contribution in [0.25, 0.3) is 0 Å². The summed E-state index contributed by atoms with van der Waals surface area (Å²) in [6.07, 6.45) is 16.4. The van der Waals surface area contributed by atoms with Crippen LogP contribution < -0.4 is 0 Å². The molecule has 0 spiro atoms. The fourth-order valence-electron chi connectivity index (χ4n) is 9.47. The van der Waals surface area contributed by atoms with Gasteiger partial charge in [-0.3, -0.25) is 9.59 Å². The first-order chi connectivity index (χ1) is 19.9. The predicted octanol–water partition coefficient (Wildman–Crippen LogP) is 9.75. The zero-order valence-electron chi connectivity index (χ0n) is 26.2. The minimum Gasteiger partial charge on any atom is -0.294 e. The highest BCUT2D eigenvalue weighted by Gasteiger charge is 2.51. The van der Waals surface area contributed by atoms with Crippen molar-refractivity contribution < 1.29 is 11.0 Å². The molecule has 6 aliphatic carbocycles. The molecule has 6 aliphatic rings. The molecule has 0 amide bonds. The number of aryl methyl sites for hydroxylation is 4. The lowest BCUT2D eigenvalue weighted by Crippen LogP contribution is -2.40. The molecule has 0 radical (unpaired) electrons. The van der Waals surface area contributed by atoms with Crippen LogP contribution in [-0.2, 0) is 33.3 Å². The Labute approximate surface area is 260 Å². The zero-order valence-corrected chi connectivity index (χ0v) is 26.2. The van der Waals surface area contributed by atoms with E-state index < -0.39 is 0 Å². The van der Waals surface area contributed by atoms with Crippen molar-refractivity contribution in [1.29, 1.82) is 0 Å². The van der Waals surface area contributed by atoms with Crippen LogP contribution in [0.2, 0.25) is 0 Å². The Hall–Kier alpha value is -3.26. The van der Waals surface area contributed by atoms with E-state index in [2.05, 4.69) is 90.1 Å². The van der Waals surface area contributed by atoms with Crippen molar-refractivity contribution in [3.8, 4) is 0 Å². The Morgan fingerprint density at radius 3 is 1.30 bits per heavy atom. The molecule has 0 bridgehead atoms. The third-order valence-electron chi connectivity index (χ3n) is 12.3. The largest absolute Gasteiger partial charge is 0.294 e. The maximum atomic E-state index is 12.3. The van der Waals surface area contributed by atoms with Crippen molar-refractivity contribution in [3.05, 3.63) is 116 Å². The highest BCUT2D eigenvalue weighted by atomic mass is 16.1. The lowest BCUT2D eigenvalue weighted by molar-refractivity contribution is -0.121. The number of carbonyl (C=O) groups excluding carboxylic acids is 2. The van der Waals surface area contributed by atoms with E-state index >= 15 is 0 Å². The summed E-state index contributed by atoms with van der Waals surface area (Å²) in [5.41, 5.74) is 14.2. The Morgan fingerprint density at radius 2 is 0.907 bits per heavy atom. The average Bonchev–Trinajstić information content (AvgIpc) is 3.43. The van der Waals surface area contributed by atoms with Gasteiger partial charge < -0.3 is 0 Å². The molecule has 0 aromatic heterocycles. The van der Waals surface area contributed by atoms with Gasteiger partial charge in [0.2, 0.25) is 0 Å². The summed E-state index contributed by atoms with van der Waals surface area (Å²) in [5, 5.41) is 0. The SMILES string of the molecule is C.Cc1ccc2c(c1)CCC1=C3C=CC(=O)[C@@]3(C)CC[C@]12C.Cc1ccc2c(c1)CCC1=C3C=CC(=O)[C@@]3(C)CC[C@]12C.[2HH]. The van der Waals surface area contributed by atoms with Crippen molar-refractivity contribution in [2.45, 2.75) is 111 Å². The normalized spacial score (nSPS) is 33.0. The third kappa shape index (κ3) is 4.11. The first-order valence-corrected chi connectivity index (χ1v) is 16.0. The van der Waals surface area contributed by atoms with E-state index in [0.717, 1.165) is 51.4 Å². The van der Waals surface area contributed by atoms with Crippen LogP contribution in [0.5, 0.6) is 0 Å². The maximum absolute atomic E-state index is 12.3. The molecule has 2 heteroatoms. The smallest absolute Gasteiger partial charge is 0.165 e. The van der Waals surface area contributed by atoms with Crippen molar-refractivity contribution in [3.63, 3.8) is 0 Å². The van der Waals surface area contributed by atoms with Crippen LogP contribution in [-0.4, -0.2) is 11.6 Å². The number of rotatable bonds is 0. The van der Waals surface area contributed by atoms with Gasteiger partial charge >= 0.3 is 0 Å². The molecule has 2 aromatic rings. The molecular formula is C41H50O2. The van der Waals surface area contributed by atoms with Gasteiger partial charge in [-0.2, -0.15) is 0 Å². The van der Waals surface area contributed by atoms with Gasteiger partial charge in [-0.15, -0.1) is 0 Å². The zero-order chi connectivity index (χ0) is 29.7. The second kappa shape index (κ2) is 9.88. The van der Waals surface area contributed by atoms with E-state index in [1.807, 2.05) is 0 Å². The quantitative estimate of drug-likeness (QED) is 0.313. The number of hydrogen-bond acceptors (Lipinski definition) is 2. The van der Waals surface area contributed by atoms with E-state index in [-0.39, 0.29) is 30.5 Å². The van der Waals surface area contributed by atoms with Crippen LogP contribution in [0, 0.1) is 24.7 Å². The Kier molecular flexibility index (Phi) is 6.84. The molecule has 0 unspecified atom stereocenters. The molecule has 2 nitrogen and oxygen atoms in total. The van der Waals surface area contributed by atoms with E-state index in [0.29, 0.717) is 11.6 Å². The summed E-state index contributed by atoms with van der Waals surface area (Å²) in [6.45, 7) is 13.4. The Bertz CT molecular complexity index is 1580. The predicted molar refractivity (Wildman–Crippen MR) is 180 cm³/mol. The minimum absolute atomic E-state index is 0. The van der Waals surface area contributed by atoms with Crippen LogP contribution >= 0.6 is 0 Å². The third-order valence-corrected chi connectivity index (χ3v) is 12.3. The molecule has 0 saturated heterocycles. The molecule has 8 rings (SSSR count). The maximum Gasteiger partial charge on any atom is 0.165 e. The molecule has 0 saturated carbocycles. The summed E-state index contributed by atoms with van der Waals surface area (Å²) in [7, 11) is 0. The molecule has 0 heterocycles. The summed E-state index contributed by atoms with van der Waals surface area (Å²) < 4.78 is 0. The van der Waals surface area contributed by atoms with Gasteiger partial charge in [-0.25, -0.2) is 0 Å². The number of allylic oxidation sites excluding steroid dienone is 8. The second-order valence-corrected chi connectivity index (χ2v) is 14.8. The van der Waals surface area contributed by atoms with Crippen LogP contribution in [0.3, 0.4) is 0 Å². The molecule has 226 valence electrons. The fraction of sp³-hybridized carbons (Fsp3) is 0.463. The lowest BCUT2D eigenvalue weighted by Gasteiger charge is -2.47. The lowest BCUT2D eigenvalue weighted by atomic mass is 9.56. The first-order valence-electron chi connectivity index (χ1n) is 16.0. The highest BCUT2D eigenvalue weighted by Crippen LogP contribution is 2.58. The topological polar surface area (TPSA) is 34.1 Å². The molecular weight excluding hydrogens is 524 g/mol. The molecule has 4 atom stereocenters. The molecule has 0 N–H and O–H groups in total. The van der Waals surface area contributed by atoms with Crippen molar-refractivity contribution in [1.82, 2.24) is 0 Å². The van der Waals surface area contributed by atoms with Gasteiger partial charge in [0.15, 0.2) is 11.6 Å². The van der Waals surface area contributed by atoms with Gasteiger partial charge in [0, 0.05) is 12.3 Å². The van der Waals surface area contributed by atoms with Gasteiger partial charge in [0.25, 0.3) is 0 Å². The summed E-state index contributed by atoms with van der Waals surface area (Å²) in [4.78, 5) is 24.6. The van der Waals surface area contributed by atoms with Crippen LogP contribution in [0.15, 0.2) is 83.0 Å². The first kappa shape index (κ1) is 29.8. The standard InChI is InChI=1S/2C20H22O.CH4.H2/c2*1-13-4-6-15-14(12-13)5-7-16-17-8-9-18(21)20(17,3)11-10-19(15,16)2;;/h2*4,6,8-9,12H,5,7,10-11H2,1-3H3;1H4;1H/t2*19-,20-;;/m00../s1/i;;;1+1. The van der Waals surface area contributed by atoms with Crippen molar-refractivity contribution in [2.75, 3.05) is 0 Å². The van der Waals surface area contributed by atoms with Gasteiger partial charge in [-0.05, 0) is 125 Å². The number of ketones is 2. The van der Waals surface area contributed by atoms with Gasteiger partial charge in [0.1, 0.15) is 0 Å². The fourth-order valence-corrected chi connectivity index (χ4v) is 9.47. The van der Waals surface area contributed by atoms with Crippen LogP contribution in [0.4, 0.5) is 0 Å². The number of fused-ring (bicyclic) bond motifs is 8. The number of hydrogen-bond donors (Lipinski definition) is 0. The Morgan fingerprint density at radius 1 is 0.535 bits per heavy atom. The summed E-state index contributed by atoms with van der Waals surface area (Å²) in [6, 6.07) is 13.8. The summed E-state index contributed by atoms with van der Waals surface area (Å²) >= 11 is 0. The molecule has 43 heavy (non-hydrogen) atoms. The van der Waals surface area contributed by atoms with E-state index in [9.17, 15) is 9.59 Å². The van der Waals surface area contributed by atoms with E-state index in [1.165, 1.54) is 55.7 Å². The molecule has 0 aliphatic heterocycles. The Balaban J connectivity index is 0.000000167. The highest BCUT2D eigenvalue weighted by molar-refractivity contribution is 6.02. The van der Waals surface area contributed by atoms with E-state index in [4.69, 9.17) is 0 Å². The van der Waals surface area contributed by atoms with Crippen molar-refractivity contribution in [2.24, 2.45) is 10.8 Å².